The van der Waals surface area contributed by atoms with Crippen molar-refractivity contribution in [2.75, 3.05) is 7.11 Å². The minimum absolute atomic E-state index is 0.0444. The molecule has 1 aromatic carbocycles. The standard InChI is InChI=1S/C14H15NO2/c1-10-8-11(4-5-12(10)17-2)13(16)14(9-15)6-3-7-14/h4-5,8H,3,6-7H2,1-2H3. The fourth-order valence-corrected chi connectivity index (χ4v) is 2.22. The summed E-state index contributed by atoms with van der Waals surface area (Å²) < 4.78 is 5.16. The zero-order valence-electron chi connectivity index (χ0n) is 10.1. The molecule has 3 heteroatoms. The Morgan fingerprint density at radius 3 is 2.59 bits per heavy atom. The zero-order chi connectivity index (χ0) is 12.5. The van der Waals surface area contributed by atoms with E-state index in [-0.39, 0.29) is 5.78 Å². The van der Waals surface area contributed by atoms with E-state index in [2.05, 4.69) is 6.07 Å². The number of methoxy groups -OCH3 is 1. The summed E-state index contributed by atoms with van der Waals surface area (Å²) in [6, 6.07) is 7.51. The average Bonchev–Trinajstić information content (AvgIpc) is 2.28. The second-order valence-corrected chi connectivity index (χ2v) is 4.56. The molecule has 17 heavy (non-hydrogen) atoms. The van der Waals surface area contributed by atoms with Gasteiger partial charge in [-0.2, -0.15) is 5.26 Å². The molecule has 1 aliphatic carbocycles. The third-order valence-corrected chi connectivity index (χ3v) is 3.51. The summed E-state index contributed by atoms with van der Waals surface area (Å²) in [5.74, 6) is 0.721. The largest absolute Gasteiger partial charge is 0.496 e. The number of carbonyl (C=O) groups is 1. The number of nitrogens with zero attached hydrogens (tertiary/aromatic N) is 1. The number of nitriles is 1. The van der Waals surface area contributed by atoms with Crippen LogP contribution in [0.5, 0.6) is 5.75 Å². The van der Waals surface area contributed by atoms with Crippen LogP contribution in [-0.4, -0.2) is 12.9 Å². The Kier molecular flexibility index (Phi) is 2.89. The predicted molar refractivity (Wildman–Crippen MR) is 64.0 cm³/mol. The molecule has 3 nitrogen and oxygen atoms in total. The topological polar surface area (TPSA) is 50.1 Å². The van der Waals surface area contributed by atoms with E-state index in [0.29, 0.717) is 18.4 Å². The van der Waals surface area contributed by atoms with E-state index in [0.717, 1.165) is 17.7 Å². The molecule has 1 aliphatic rings. The molecule has 0 bridgehead atoms. The van der Waals surface area contributed by atoms with Gasteiger partial charge in [-0.1, -0.05) is 0 Å². The summed E-state index contributed by atoms with van der Waals surface area (Å²) >= 11 is 0. The number of ether oxygens (including phenoxy) is 1. The molecule has 0 radical (unpaired) electrons. The molecule has 88 valence electrons. The number of ketones is 1. The SMILES string of the molecule is COc1ccc(C(=O)C2(C#N)CCC2)cc1C. The third-order valence-electron chi connectivity index (χ3n) is 3.51. The van der Waals surface area contributed by atoms with Crippen LogP contribution in [0, 0.1) is 23.7 Å². The van der Waals surface area contributed by atoms with Crippen LogP contribution in [0.25, 0.3) is 0 Å². The first-order chi connectivity index (χ1) is 8.13. The molecule has 1 fully saturated rings. The maximum absolute atomic E-state index is 12.3. The molecule has 0 N–H and O–H groups in total. The van der Waals surface area contributed by atoms with E-state index >= 15 is 0 Å². The van der Waals surface area contributed by atoms with Crippen LogP contribution >= 0.6 is 0 Å². The first-order valence-electron chi connectivity index (χ1n) is 5.74. The number of aryl methyl sites for hydroxylation is 1. The molecular weight excluding hydrogens is 214 g/mol. The molecular formula is C14H15NO2. The summed E-state index contributed by atoms with van der Waals surface area (Å²) in [4.78, 5) is 12.3. The molecule has 0 atom stereocenters. The molecule has 0 spiro atoms. The van der Waals surface area contributed by atoms with Gasteiger partial charge in [-0.15, -0.1) is 0 Å². The van der Waals surface area contributed by atoms with Crippen molar-refractivity contribution in [2.24, 2.45) is 5.41 Å². The fourth-order valence-electron chi connectivity index (χ4n) is 2.22. The molecule has 0 aliphatic heterocycles. The minimum atomic E-state index is -0.763. The van der Waals surface area contributed by atoms with Gasteiger partial charge >= 0.3 is 0 Å². The van der Waals surface area contributed by atoms with E-state index in [4.69, 9.17) is 10.00 Å². The van der Waals surface area contributed by atoms with Gasteiger partial charge < -0.3 is 4.74 Å². The normalized spacial score (nSPS) is 16.8. The lowest BCUT2D eigenvalue weighted by atomic mass is 9.65. The van der Waals surface area contributed by atoms with Gasteiger partial charge in [0.25, 0.3) is 0 Å². The van der Waals surface area contributed by atoms with E-state index in [1.807, 2.05) is 6.92 Å². The fraction of sp³-hybridized carbons (Fsp3) is 0.429. The maximum atomic E-state index is 12.3. The number of hydrogen-bond donors (Lipinski definition) is 0. The average molecular weight is 229 g/mol. The van der Waals surface area contributed by atoms with Gasteiger partial charge in [0, 0.05) is 5.56 Å². The summed E-state index contributed by atoms with van der Waals surface area (Å²) in [6.45, 7) is 1.90. The van der Waals surface area contributed by atoms with Crippen molar-refractivity contribution in [3.05, 3.63) is 29.3 Å². The minimum Gasteiger partial charge on any atom is -0.496 e. The van der Waals surface area contributed by atoms with E-state index in [9.17, 15) is 4.79 Å². The van der Waals surface area contributed by atoms with Gasteiger partial charge in [0.2, 0.25) is 0 Å². The Hall–Kier alpha value is -1.82. The Morgan fingerprint density at radius 1 is 1.47 bits per heavy atom. The van der Waals surface area contributed by atoms with E-state index in [1.165, 1.54) is 0 Å². The van der Waals surface area contributed by atoms with Gasteiger partial charge in [0.05, 0.1) is 13.2 Å². The first-order valence-corrected chi connectivity index (χ1v) is 5.74. The second-order valence-electron chi connectivity index (χ2n) is 4.56. The van der Waals surface area contributed by atoms with Crippen LogP contribution in [0.2, 0.25) is 0 Å². The Bertz CT molecular complexity index is 495. The molecule has 0 saturated heterocycles. The zero-order valence-corrected chi connectivity index (χ0v) is 10.1. The molecule has 0 amide bonds. The van der Waals surface area contributed by atoms with Crippen LogP contribution < -0.4 is 4.74 Å². The Morgan fingerprint density at radius 2 is 2.18 bits per heavy atom. The number of rotatable bonds is 3. The maximum Gasteiger partial charge on any atom is 0.183 e. The molecule has 1 aromatic rings. The highest BCUT2D eigenvalue weighted by Gasteiger charge is 2.44. The van der Waals surface area contributed by atoms with Crippen molar-refractivity contribution in [1.29, 1.82) is 5.26 Å². The summed E-state index contributed by atoms with van der Waals surface area (Å²) in [7, 11) is 1.60. The van der Waals surface area contributed by atoms with Crippen molar-refractivity contribution in [3.63, 3.8) is 0 Å². The number of carbonyl (C=O) groups excluding carboxylic acids is 1. The Labute approximate surface area is 101 Å². The van der Waals surface area contributed by atoms with Crippen LogP contribution in [0.4, 0.5) is 0 Å². The van der Waals surface area contributed by atoms with Crippen molar-refractivity contribution >= 4 is 5.78 Å². The van der Waals surface area contributed by atoms with Crippen LogP contribution in [0.1, 0.15) is 35.2 Å². The van der Waals surface area contributed by atoms with Crippen LogP contribution in [0.3, 0.4) is 0 Å². The van der Waals surface area contributed by atoms with Crippen molar-refractivity contribution in [2.45, 2.75) is 26.2 Å². The highest BCUT2D eigenvalue weighted by atomic mass is 16.5. The third kappa shape index (κ3) is 1.80. The molecule has 0 aromatic heterocycles. The highest BCUT2D eigenvalue weighted by Crippen LogP contribution is 2.43. The van der Waals surface area contributed by atoms with Crippen molar-refractivity contribution < 1.29 is 9.53 Å². The molecule has 0 unspecified atom stereocenters. The summed E-state index contributed by atoms with van der Waals surface area (Å²) in [6.07, 6.45) is 2.34. The highest BCUT2D eigenvalue weighted by molar-refractivity contribution is 6.03. The molecule has 2 rings (SSSR count). The lowest BCUT2D eigenvalue weighted by Crippen LogP contribution is -2.36. The van der Waals surface area contributed by atoms with Gasteiger partial charge in [0.15, 0.2) is 5.78 Å². The van der Waals surface area contributed by atoms with Gasteiger partial charge in [-0.25, -0.2) is 0 Å². The summed E-state index contributed by atoms with van der Waals surface area (Å²) in [5, 5.41) is 9.14. The van der Waals surface area contributed by atoms with Crippen LogP contribution in [-0.2, 0) is 0 Å². The van der Waals surface area contributed by atoms with Gasteiger partial charge in [-0.05, 0) is 49.9 Å². The second kappa shape index (κ2) is 4.21. The van der Waals surface area contributed by atoms with Crippen LogP contribution in [0.15, 0.2) is 18.2 Å². The molecule has 0 heterocycles. The van der Waals surface area contributed by atoms with Gasteiger partial charge in [-0.3, -0.25) is 4.79 Å². The Balaban J connectivity index is 2.32. The lowest BCUT2D eigenvalue weighted by Gasteiger charge is -2.33. The molecule has 1 saturated carbocycles. The predicted octanol–water partition coefficient (Wildman–Crippen LogP) is 2.88. The van der Waals surface area contributed by atoms with E-state index < -0.39 is 5.41 Å². The quantitative estimate of drug-likeness (QED) is 0.749. The van der Waals surface area contributed by atoms with Gasteiger partial charge in [0.1, 0.15) is 11.2 Å². The summed E-state index contributed by atoms with van der Waals surface area (Å²) in [5.41, 5.74) is 0.774. The van der Waals surface area contributed by atoms with E-state index in [1.54, 1.807) is 25.3 Å². The smallest absolute Gasteiger partial charge is 0.183 e. The first kappa shape index (κ1) is 11.7. The number of hydrogen-bond acceptors (Lipinski definition) is 3. The number of Topliss-reactive ketones (excluding diaryl/α,β-unsaturated/α-hetero) is 1. The number of benzene rings is 1. The monoisotopic (exact) mass is 229 g/mol. The lowest BCUT2D eigenvalue weighted by molar-refractivity contribution is 0.0748. The van der Waals surface area contributed by atoms with Crippen molar-refractivity contribution in [1.82, 2.24) is 0 Å². The van der Waals surface area contributed by atoms with Crippen molar-refractivity contribution in [3.8, 4) is 11.8 Å².